The number of nitrogen functional groups attached to an aromatic ring is 1. The SMILES string of the molecule is CCOC(=O)c1c(C)oc2nc(COC(=O)CCC(=O)c3ccc(OC)c(OC)c3)nc(N)c12. The van der Waals surface area contributed by atoms with E-state index >= 15 is 0 Å². The number of aryl methyl sites for hydroxylation is 1. The number of carbonyl (C=O) groups excluding carboxylic acids is 3. The summed E-state index contributed by atoms with van der Waals surface area (Å²) in [6.45, 7) is 3.18. The Morgan fingerprint density at radius 3 is 2.44 bits per heavy atom. The van der Waals surface area contributed by atoms with Gasteiger partial charge in [-0.2, -0.15) is 4.98 Å². The molecular weight excluding hydrogens is 446 g/mol. The summed E-state index contributed by atoms with van der Waals surface area (Å²) in [5.74, 6) is -0.162. The zero-order valence-corrected chi connectivity index (χ0v) is 19.3. The lowest BCUT2D eigenvalue weighted by Crippen LogP contribution is -2.11. The maximum Gasteiger partial charge on any atom is 0.342 e. The van der Waals surface area contributed by atoms with Crippen LogP contribution in [0.5, 0.6) is 11.5 Å². The molecule has 34 heavy (non-hydrogen) atoms. The minimum absolute atomic E-state index is 0.000386. The van der Waals surface area contributed by atoms with Crippen molar-refractivity contribution in [2.75, 3.05) is 26.6 Å². The average molecular weight is 471 g/mol. The molecule has 0 aliphatic heterocycles. The van der Waals surface area contributed by atoms with Gasteiger partial charge in [0.25, 0.3) is 0 Å². The molecule has 0 aliphatic rings. The van der Waals surface area contributed by atoms with Crippen molar-refractivity contribution in [3.8, 4) is 11.5 Å². The molecule has 0 amide bonds. The second-order valence-corrected chi connectivity index (χ2v) is 7.11. The number of hydrogen-bond acceptors (Lipinski definition) is 11. The number of ketones is 1. The van der Waals surface area contributed by atoms with E-state index in [4.69, 9.17) is 29.1 Å². The first-order valence-electron chi connectivity index (χ1n) is 10.4. The molecule has 0 saturated carbocycles. The summed E-state index contributed by atoms with van der Waals surface area (Å²) in [6, 6.07) is 4.76. The smallest absolute Gasteiger partial charge is 0.342 e. The predicted octanol–water partition coefficient (Wildman–Crippen LogP) is 3.01. The number of aromatic nitrogens is 2. The van der Waals surface area contributed by atoms with E-state index in [9.17, 15) is 14.4 Å². The number of carbonyl (C=O) groups is 3. The molecule has 2 N–H and O–H groups in total. The number of Topliss-reactive ketones (excluding diaryl/α,β-unsaturated/α-hetero) is 1. The van der Waals surface area contributed by atoms with E-state index in [1.807, 2.05) is 0 Å². The number of ether oxygens (including phenoxy) is 4. The molecule has 1 aromatic carbocycles. The Kier molecular flexibility index (Phi) is 7.67. The van der Waals surface area contributed by atoms with E-state index in [0.29, 0.717) is 17.1 Å². The van der Waals surface area contributed by atoms with E-state index in [2.05, 4.69) is 9.97 Å². The third-order valence-corrected chi connectivity index (χ3v) is 4.91. The van der Waals surface area contributed by atoms with Gasteiger partial charge in [0.15, 0.2) is 29.7 Å². The summed E-state index contributed by atoms with van der Waals surface area (Å²) in [5, 5.41) is 0.242. The minimum atomic E-state index is -0.612. The van der Waals surface area contributed by atoms with Crippen molar-refractivity contribution in [1.29, 1.82) is 0 Å². The Labute approximate surface area is 195 Å². The van der Waals surface area contributed by atoms with Crippen molar-refractivity contribution in [2.24, 2.45) is 0 Å². The Morgan fingerprint density at radius 1 is 1.03 bits per heavy atom. The number of fused-ring (bicyclic) bond motifs is 1. The van der Waals surface area contributed by atoms with Crippen LogP contribution in [0.15, 0.2) is 22.6 Å². The molecule has 3 rings (SSSR count). The number of rotatable bonds is 10. The molecule has 0 atom stereocenters. The van der Waals surface area contributed by atoms with Gasteiger partial charge >= 0.3 is 11.9 Å². The quantitative estimate of drug-likeness (QED) is 0.343. The van der Waals surface area contributed by atoms with E-state index in [0.717, 1.165) is 0 Å². The van der Waals surface area contributed by atoms with Gasteiger partial charge in [0.05, 0.1) is 32.6 Å². The van der Waals surface area contributed by atoms with Gasteiger partial charge in [-0.3, -0.25) is 9.59 Å². The molecule has 0 spiro atoms. The minimum Gasteiger partial charge on any atom is -0.493 e. The maximum atomic E-state index is 12.4. The molecule has 0 saturated heterocycles. The predicted molar refractivity (Wildman–Crippen MR) is 120 cm³/mol. The highest BCUT2D eigenvalue weighted by atomic mass is 16.5. The van der Waals surface area contributed by atoms with Crippen LogP contribution in [0.3, 0.4) is 0 Å². The van der Waals surface area contributed by atoms with Crippen molar-refractivity contribution in [1.82, 2.24) is 9.97 Å². The van der Waals surface area contributed by atoms with Crippen LogP contribution in [0, 0.1) is 6.92 Å². The van der Waals surface area contributed by atoms with Crippen LogP contribution in [0.1, 0.15) is 52.1 Å². The van der Waals surface area contributed by atoms with Crippen molar-refractivity contribution in [2.45, 2.75) is 33.3 Å². The summed E-state index contributed by atoms with van der Waals surface area (Å²) >= 11 is 0. The number of anilines is 1. The lowest BCUT2D eigenvalue weighted by Gasteiger charge is -2.09. The lowest BCUT2D eigenvalue weighted by molar-refractivity contribution is -0.145. The van der Waals surface area contributed by atoms with Gasteiger partial charge in [-0.25, -0.2) is 9.78 Å². The van der Waals surface area contributed by atoms with Gasteiger partial charge in [0.1, 0.15) is 17.1 Å². The first-order chi connectivity index (χ1) is 16.3. The van der Waals surface area contributed by atoms with Crippen molar-refractivity contribution >= 4 is 34.6 Å². The van der Waals surface area contributed by atoms with Gasteiger partial charge in [-0.1, -0.05) is 0 Å². The normalized spacial score (nSPS) is 10.7. The molecule has 3 aromatic rings. The van der Waals surface area contributed by atoms with Gasteiger partial charge in [-0.05, 0) is 32.0 Å². The third kappa shape index (κ3) is 5.25. The van der Waals surface area contributed by atoms with Gasteiger partial charge in [-0.15, -0.1) is 0 Å². The molecule has 2 aromatic heterocycles. The molecule has 0 fully saturated rings. The van der Waals surface area contributed by atoms with Crippen LogP contribution < -0.4 is 15.2 Å². The van der Waals surface area contributed by atoms with E-state index < -0.39 is 11.9 Å². The van der Waals surface area contributed by atoms with Crippen LogP contribution in [0.4, 0.5) is 5.82 Å². The Morgan fingerprint density at radius 2 is 1.76 bits per heavy atom. The zero-order chi connectivity index (χ0) is 24.8. The molecule has 0 radical (unpaired) electrons. The Balaban J connectivity index is 1.62. The molecule has 0 unspecified atom stereocenters. The van der Waals surface area contributed by atoms with Crippen molar-refractivity contribution in [3.05, 3.63) is 40.9 Å². The first-order valence-corrected chi connectivity index (χ1v) is 10.4. The molecule has 0 aliphatic carbocycles. The number of nitrogens with two attached hydrogens (primary N) is 1. The number of esters is 2. The lowest BCUT2D eigenvalue weighted by atomic mass is 10.1. The summed E-state index contributed by atoms with van der Waals surface area (Å²) in [7, 11) is 2.97. The fraction of sp³-hybridized carbons (Fsp3) is 0.348. The number of benzene rings is 1. The highest BCUT2D eigenvalue weighted by Crippen LogP contribution is 2.29. The second-order valence-electron chi connectivity index (χ2n) is 7.11. The summed E-state index contributed by atoms with van der Waals surface area (Å²) in [5.41, 5.74) is 6.63. The molecule has 2 heterocycles. The highest BCUT2D eigenvalue weighted by Gasteiger charge is 2.24. The van der Waals surface area contributed by atoms with Crippen LogP contribution in [-0.4, -0.2) is 48.5 Å². The maximum absolute atomic E-state index is 12.4. The van der Waals surface area contributed by atoms with E-state index in [1.54, 1.807) is 32.0 Å². The van der Waals surface area contributed by atoms with Gasteiger partial charge in [0.2, 0.25) is 5.71 Å². The summed E-state index contributed by atoms with van der Waals surface area (Å²) in [6.07, 6.45) is -0.200. The average Bonchev–Trinajstić information content (AvgIpc) is 3.17. The fourth-order valence-electron chi connectivity index (χ4n) is 3.28. The molecule has 11 heteroatoms. The largest absolute Gasteiger partial charge is 0.493 e. The monoisotopic (exact) mass is 471 g/mol. The topological polar surface area (TPSA) is 153 Å². The molecule has 0 bridgehead atoms. The third-order valence-electron chi connectivity index (χ3n) is 4.91. The number of furan rings is 1. The van der Waals surface area contributed by atoms with Gasteiger partial charge in [0, 0.05) is 12.0 Å². The molecular formula is C23H25N3O8. The number of nitrogens with zero attached hydrogens (tertiary/aromatic N) is 2. The molecule has 11 nitrogen and oxygen atoms in total. The second kappa shape index (κ2) is 10.6. The van der Waals surface area contributed by atoms with Gasteiger partial charge < -0.3 is 29.1 Å². The zero-order valence-electron chi connectivity index (χ0n) is 19.3. The number of methoxy groups -OCH3 is 2. The fourth-order valence-corrected chi connectivity index (χ4v) is 3.28. The first kappa shape index (κ1) is 24.5. The standard InChI is InChI=1S/C23H25N3O8/c1-5-32-23(29)19-12(2)34-22-20(19)21(24)25-17(26-22)11-33-18(28)9-7-14(27)13-6-8-15(30-3)16(10-13)31-4/h6,8,10H,5,7,9,11H2,1-4H3,(H2,24,25,26). The molecule has 180 valence electrons. The Hall–Kier alpha value is -4.15. The van der Waals surface area contributed by atoms with E-state index in [-0.39, 0.29) is 65.9 Å². The van der Waals surface area contributed by atoms with Crippen LogP contribution in [0.25, 0.3) is 11.1 Å². The van der Waals surface area contributed by atoms with E-state index in [1.165, 1.54) is 14.2 Å². The highest BCUT2D eigenvalue weighted by molar-refractivity contribution is 6.07. The van der Waals surface area contributed by atoms with Crippen molar-refractivity contribution < 1.29 is 37.7 Å². The summed E-state index contributed by atoms with van der Waals surface area (Å²) in [4.78, 5) is 45.0. The number of hydrogen-bond donors (Lipinski definition) is 1. The summed E-state index contributed by atoms with van der Waals surface area (Å²) < 4.78 is 26.1. The Bertz CT molecular complexity index is 1230. The van der Waals surface area contributed by atoms with Crippen molar-refractivity contribution in [3.63, 3.8) is 0 Å². The van der Waals surface area contributed by atoms with Crippen LogP contribution in [0.2, 0.25) is 0 Å². The van der Waals surface area contributed by atoms with Crippen LogP contribution in [-0.2, 0) is 20.9 Å². The van der Waals surface area contributed by atoms with Crippen LogP contribution >= 0.6 is 0 Å².